The number of hydrogen-bond acceptors (Lipinski definition) is 4. The summed E-state index contributed by atoms with van der Waals surface area (Å²) in [6.45, 7) is 2.92. The van der Waals surface area contributed by atoms with E-state index in [4.69, 9.17) is 10.3 Å². The Labute approximate surface area is 120 Å². The van der Waals surface area contributed by atoms with Crippen LogP contribution in [0.2, 0.25) is 0 Å². The van der Waals surface area contributed by atoms with E-state index in [0.717, 1.165) is 43.7 Å². The molecule has 0 fully saturated rings. The van der Waals surface area contributed by atoms with Crippen LogP contribution in [-0.2, 0) is 12.8 Å². The Kier molecular flexibility index (Phi) is 5.74. The highest BCUT2D eigenvalue weighted by Crippen LogP contribution is 2.17. The maximum atomic E-state index is 5.47. The van der Waals surface area contributed by atoms with Crippen molar-refractivity contribution in [3.05, 3.63) is 35.7 Å². The van der Waals surface area contributed by atoms with E-state index in [1.165, 1.54) is 18.4 Å². The Morgan fingerprint density at radius 1 is 1.05 bits per heavy atom. The lowest BCUT2D eigenvalue weighted by atomic mass is 10.1. The molecule has 0 aliphatic heterocycles. The Morgan fingerprint density at radius 3 is 2.50 bits per heavy atom. The van der Waals surface area contributed by atoms with Crippen molar-refractivity contribution in [3.8, 4) is 11.4 Å². The predicted molar refractivity (Wildman–Crippen MR) is 80.3 cm³/mol. The highest BCUT2D eigenvalue weighted by atomic mass is 16.5. The zero-order valence-electron chi connectivity index (χ0n) is 12.1. The molecule has 0 aliphatic carbocycles. The van der Waals surface area contributed by atoms with Crippen LogP contribution in [0.5, 0.6) is 0 Å². The van der Waals surface area contributed by atoms with Crippen LogP contribution >= 0.6 is 0 Å². The van der Waals surface area contributed by atoms with Gasteiger partial charge in [-0.1, -0.05) is 49.2 Å². The number of aryl methyl sites for hydroxylation is 2. The first-order valence-corrected chi connectivity index (χ1v) is 7.45. The first-order chi connectivity index (χ1) is 9.83. The molecule has 0 unspecified atom stereocenters. The lowest BCUT2D eigenvalue weighted by molar-refractivity contribution is 0.374. The third kappa shape index (κ3) is 4.17. The van der Waals surface area contributed by atoms with E-state index in [2.05, 4.69) is 41.3 Å². The summed E-state index contributed by atoms with van der Waals surface area (Å²) in [6.07, 6.45) is 6.41. The van der Waals surface area contributed by atoms with Gasteiger partial charge < -0.3 is 10.3 Å². The van der Waals surface area contributed by atoms with Gasteiger partial charge in [-0.05, 0) is 31.4 Å². The monoisotopic (exact) mass is 273 g/mol. The van der Waals surface area contributed by atoms with Crippen molar-refractivity contribution < 1.29 is 4.52 Å². The molecule has 0 bridgehead atoms. The summed E-state index contributed by atoms with van der Waals surface area (Å²) in [4.78, 5) is 4.45. The van der Waals surface area contributed by atoms with Gasteiger partial charge in [0, 0.05) is 12.0 Å². The largest absolute Gasteiger partial charge is 0.339 e. The summed E-state index contributed by atoms with van der Waals surface area (Å²) in [5.74, 6) is 1.41. The van der Waals surface area contributed by atoms with Crippen LogP contribution < -0.4 is 5.73 Å². The van der Waals surface area contributed by atoms with Crippen LogP contribution in [0.3, 0.4) is 0 Å². The lowest BCUT2D eigenvalue weighted by Crippen LogP contribution is -1.97. The van der Waals surface area contributed by atoms with E-state index in [-0.39, 0.29) is 0 Å². The Balaban J connectivity index is 1.87. The number of nitrogens with zero attached hydrogens (tertiary/aromatic N) is 2. The first-order valence-electron chi connectivity index (χ1n) is 7.45. The van der Waals surface area contributed by atoms with E-state index in [0.29, 0.717) is 5.82 Å². The van der Waals surface area contributed by atoms with E-state index in [1.807, 2.05) is 0 Å². The van der Waals surface area contributed by atoms with Crippen molar-refractivity contribution in [2.24, 2.45) is 5.73 Å². The molecule has 0 aliphatic rings. The van der Waals surface area contributed by atoms with Crippen LogP contribution in [0.1, 0.15) is 44.1 Å². The molecule has 0 saturated carbocycles. The maximum absolute atomic E-state index is 5.47. The molecule has 0 atom stereocenters. The van der Waals surface area contributed by atoms with E-state index in [9.17, 15) is 0 Å². The van der Waals surface area contributed by atoms with Crippen LogP contribution in [0.4, 0.5) is 0 Å². The maximum Gasteiger partial charge on any atom is 0.226 e. The van der Waals surface area contributed by atoms with Crippen molar-refractivity contribution >= 4 is 0 Å². The van der Waals surface area contributed by atoms with Gasteiger partial charge in [-0.3, -0.25) is 0 Å². The molecule has 2 rings (SSSR count). The molecule has 1 heterocycles. The number of nitrogens with two attached hydrogens (primary N) is 1. The minimum atomic E-state index is 0.685. The summed E-state index contributed by atoms with van der Waals surface area (Å²) in [7, 11) is 0. The zero-order chi connectivity index (χ0) is 14.2. The molecular formula is C16H23N3O. The number of hydrogen-bond donors (Lipinski definition) is 1. The Morgan fingerprint density at radius 2 is 1.80 bits per heavy atom. The smallest absolute Gasteiger partial charge is 0.226 e. The van der Waals surface area contributed by atoms with Gasteiger partial charge in [0.2, 0.25) is 11.7 Å². The highest BCUT2D eigenvalue weighted by Gasteiger charge is 2.08. The van der Waals surface area contributed by atoms with Gasteiger partial charge in [-0.25, -0.2) is 0 Å². The number of benzene rings is 1. The lowest BCUT2D eigenvalue weighted by Gasteiger charge is -1.97. The number of aromatic nitrogens is 2. The Bertz CT molecular complexity index is 505. The zero-order valence-corrected chi connectivity index (χ0v) is 12.1. The molecule has 108 valence electrons. The second-order valence-electron chi connectivity index (χ2n) is 5.02. The molecule has 1 aromatic heterocycles. The molecule has 0 spiro atoms. The molecule has 2 aromatic rings. The molecule has 0 amide bonds. The molecule has 0 radical (unpaired) electrons. The summed E-state index contributed by atoms with van der Waals surface area (Å²) < 4.78 is 5.30. The number of rotatable bonds is 8. The van der Waals surface area contributed by atoms with Gasteiger partial charge in [0.15, 0.2) is 0 Å². The number of unbranched alkanes of at least 4 members (excludes halogenated alkanes) is 3. The summed E-state index contributed by atoms with van der Waals surface area (Å²) >= 11 is 0. The average molecular weight is 273 g/mol. The van der Waals surface area contributed by atoms with Gasteiger partial charge >= 0.3 is 0 Å². The average Bonchev–Trinajstić information content (AvgIpc) is 2.96. The fourth-order valence-electron chi connectivity index (χ4n) is 2.14. The van der Waals surface area contributed by atoms with Crippen molar-refractivity contribution in [3.63, 3.8) is 0 Å². The quantitative estimate of drug-likeness (QED) is 0.749. The fourth-order valence-corrected chi connectivity index (χ4v) is 2.14. The fraction of sp³-hybridized carbons (Fsp3) is 0.500. The van der Waals surface area contributed by atoms with E-state index < -0.39 is 0 Å². The molecule has 2 N–H and O–H groups in total. The van der Waals surface area contributed by atoms with E-state index in [1.54, 1.807) is 0 Å². The first kappa shape index (κ1) is 14.7. The van der Waals surface area contributed by atoms with Crippen molar-refractivity contribution in [1.82, 2.24) is 10.1 Å². The summed E-state index contributed by atoms with van der Waals surface area (Å²) in [6, 6.07) is 8.32. The van der Waals surface area contributed by atoms with Gasteiger partial charge in [0.05, 0.1) is 0 Å². The molecule has 4 nitrogen and oxygen atoms in total. The second-order valence-corrected chi connectivity index (χ2v) is 5.02. The van der Waals surface area contributed by atoms with Crippen LogP contribution in [0.25, 0.3) is 11.4 Å². The van der Waals surface area contributed by atoms with Crippen LogP contribution in [0.15, 0.2) is 28.8 Å². The van der Waals surface area contributed by atoms with Gasteiger partial charge in [-0.15, -0.1) is 0 Å². The molecular weight excluding hydrogens is 250 g/mol. The standard InChI is InChI=1S/C16H23N3O/c1-2-13-8-10-14(11-9-13)16-18-15(20-19-16)7-5-3-4-6-12-17/h8-11H,2-7,12,17H2,1H3. The van der Waals surface area contributed by atoms with Crippen molar-refractivity contribution in [2.45, 2.75) is 45.4 Å². The van der Waals surface area contributed by atoms with Gasteiger partial charge in [-0.2, -0.15) is 4.98 Å². The van der Waals surface area contributed by atoms with Crippen molar-refractivity contribution in [2.75, 3.05) is 6.54 Å². The second kappa shape index (κ2) is 7.80. The third-order valence-electron chi connectivity index (χ3n) is 3.43. The van der Waals surface area contributed by atoms with Gasteiger partial charge in [0.25, 0.3) is 0 Å². The Hall–Kier alpha value is -1.68. The normalized spacial score (nSPS) is 10.9. The highest BCUT2D eigenvalue weighted by molar-refractivity contribution is 5.54. The summed E-state index contributed by atoms with van der Waals surface area (Å²) in [5, 5.41) is 4.05. The minimum absolute atomic E-state index is 0.685. The van der Waals surface area contributed by atoms with Gasteiger partial charge in [0.1, 0.15) is 0 Å². The molecule has 20 heavy (non-hydrogen) atoms. The topological polar surface area (TPSA) is 64.9 Å². The van der Waals surface area contributed by atoms with Crippen LogP contribution in [0, 0.1) is 0 Å². The molecule has 4 heteroatoms. The SMILES string of the molecule is CCc1ccc(-c2noc(CCCCCCN)n2)cc1. The minimum Gasteiger partial charge on any atom is -0.339 e. The van der Waals surface area contributed by atoms with Crippen molar-refractivity contribution in [1.29, 1.82) is 0 Å². The third-order valence-corrected chi connectivity index (χ3v) is 3.43. The van der Waals surface area contributed by atoms with E-state index >= 15 is 0 Å². The predicted octanol–water partition coefficient (Wildman–Crippen LogP) is 3.36. The van der Waals surface area contributed by atoms with Crippen LogP contribution in [-0.4, -0.2) is 16.7 Å². The molecule has 1 aromatic carbocycles. The summed E-state index contributed by atoms with van der Waals surface area (Å²) in [5.41, 5.74) is 7.80. The molecule has 0 saturated heterocycles.